The second-order valence-electron chi connectivity index (χ2n) is 4.22. The Balaban J connectivity index is 1.88. The molecule has 0 amide bonds. The van der Waals surface area contributed by atoms with Gasteiger partial charge in [-0.2, -0.15) is 5.10 Å². The summed E-state index contributed by atoms with van der Waals surface area (Å²) in [7, 11) is 1.89. The first-order valence-electron chi connectivity index (χ1n) is 5.84. The number of rotatable bonds is 3. The van der Waals surface area contributed by atoms with Crippen molar-refractivity contribution in [2.75, 3.05) is 5.32 Å². The number of hydrogen-bond acceptors (Lipinski definition) is 2. The van der Waals surface area contributed by atoms with E-state index < -0.39 is 0 Å². The molecule has 0 spiro atoms. The van der Waals surface area contributed by atoms with Gasteiger partial charge < -0.3 is 10.6 Å². The number of aromatic nitrogens is 2. The molecule has 0 saturated heterocycles. The third-order valence-corrected chi connectivity index (χ3v) is 2.92. The van der Waals surface area contributed by atoms with E-state index in [0.29, 0.717) is 17.3 Å². The first-order chi connectivity index (χ1) is 9.04. The summed E-state index contributed by atoms with van der Waals surface area (Å²) in [5, 5.41) is 10.7. The van der Waals surface area contributed by atoms with Crippen LogP contribution in [0.25, 0.3) is 0 Å². The minimum atomic E-state index is -0.298. The molecule has 2 rings (SSSR count). The number of aryl methyl sites for hydroxylation is 2. The lowest BCUT2D eigenvalue weighted by atomic mass is 10.3. The fourth-order valence-corrected chi connectivity index (χ4v) is 1.82. The molecular weight excluding hydrogens is 263 g/mol. The molecule has 0 saturated carbocycles. The van der Waals surface area contributed by atoms with Gasteiger partial charge in [0.25, 0.3) is 0 Å². The van der Waals surface area contributed by atoms with E-state index in [1.165, 1.54) is 12.1 Å². The smallest absolute Gasteiger partial charge is 0.171 e. The summed E-state index contributed by atoms with van der Waals surface area (Å²) >= 11 is 5.14. The van der Waals surface area contributed by atoms with Crippen LogP contribution in [0.4, 0.5) is 10.1 Å². The summed E-state index contributed by atoms with van der Waals surface area (Å²) in [6.07, 6.45) is 0. The SMILES string of the molecule is Cc1cc(CNC(=S)Nc2cccc(F)c2)nn1C. The number of halogens is 1. The van der Waals surface area contributed by atoms with Crippen LogP contribution in [0.5, 0.6) is 0 Å². The van der Waals surface area contributed by atoms with Gasteiger partial charge >= 0.3 is 0 Å². The lowest BCUT2D eigenvalue weighted by molar-refractivity contribution is 0.628. The third kappa shape index (κ3) is 3.75. The Morgan fingerprint density at radius 3 is 2.84 bits per heavy atom. The van der Waals surface area contributed by atoms with E-state index in [1.807, 2.05) is 20.0 Å². The first-order valence-corrected chi connectivity index (χ1v) is 6.25. The zero-order chi connectivity index (χ0) is 13.8. The van der Waals surface area contributed by atoms with Crippen molar-refractivity contribution in [3.63, 3.8) is 0 Å². The van der Waals surface area contributed by atoms with Crippen LogP contribution < -0.4 is 10.6 Å². The van der Waals surface area contributed by atoms with Gasteiger partial charge in [-0.05, 0) is 43.4 Å². The van der Waals surface area contributed by atoms with Gasteiger partial charge in [-0.15, -0.1) is 0 Å². The Labute approximate surface area is 116 Å². The molecule has 0 unspecified atom stereocenters. The molecule has 0 fully saturated rings. The van der Waals surface area contributed by atoms with Crippen LogP contribution in [0.1, 0.15) is 11.4 Å². The number of hydrogen-bond donors (Lipinski definition) is 2. The van der Waals surface area contributed by atoms with Crippen molar-refractivity contribution in [3.8, 4) is 0 Å². The molecule has 2 N–H and O–H groups in total. The quantitative estimate of drug-likeness (QED) is 0.846. The second kappa shape index (κ2) is 5.79. The van der Waals surface area contributed by atoms with Crippen molar-refractivity contribution in [1.29, 1.82) is 0 Å². The van der Waals surface area contributed by atoms with Crippen LogP contribution in [0, 0.1) is 12.7 Å². The van der Waals surface area contributed by atoms with Crippen LogP contribution in [-0.4, -0.2) is 14.9 Å². The van der Waals surface area contributed by atoms with Gasteiger partial charge in [-0.1, -0.05) is 6.07 Å². The molecule has 0 bridgehead atoms. The van der Waals surface area contributed by atoms with E-state index in [1.54, 1.807) is 16.8 Å². The predicted molar refractivity (Wildman–Crippen MR) is 77.4 cm³/mol. The van der Waals surface area contributed by atoms with Crippen LogP contribution in [0.3, 0.4) is 0 Å². The van der Waals surface area contributed by atoms with Crippen LogP contribution in [0.15, 0.2) is 30.3 Å². The van der Waals surface area contributed by atoms with Crippen molar-refractivity contribution in [3.05, 3.63) is 47.5 Å². The normalized spacial score (nSPS) is 10.3. The van der Waals surface area contributed by atoms with Gasteiger partial charge in [-0.25, -0.2) is 4.39 Å². The van der Waals surface area contributed by atoms with Gasteiger partial charge in [0.1, 0.15) is 5.82 Å². The highest BCUT2D eigenvalue weighted by Gasteiger charge is 2.03. The number of nitrogens with zero attached hydrogens (tertiary/aromatic N) is 2. The van der Waals surface area contributed by atoms with E-state index in [4.69, 9.17) is 12.2 Å². The molecule has 100 valence electrons. The average molecular weight is 278 g/mol. The lowest BCUT2D eigenvalue weighted by Gasteiger charge is -2.09. The number of anilines is 1. The molecule has 1 aromatic heterocycles. The molecule has 19 heavy (non-hydrogen) atoms. The minimum absolute atomic E-state index is 0.298. The molecule has 0 aliphatic rings. The molecule has 0 aliphatic carbocycles. The van der Waals surface area contributed by atoms with E-state index in [2.05, 4.69) is 15.7 Å². The van der Waals surface area contributed by atoms with Gasteiger partial charge in [0.15, 0.2) is 5.11 Å². The molecular formula is C13H15FN4S. The summed E-state index contributed by atoms with van der Waals surface area (Å²) in [5.74, 6) is -0.298. The summed E-state index contributed by atoms with van der Waals surface area (Å²) in [5.41, 5.74) is 2.61. The van der Waals surface area contributed by atoms with Gasteiger partial charge in [0.2, 0.25) is 0 Å². The molecule has 2 aromatic rings. The maximum atomic E-state index is 13.0. The monoisotopic (exact) mass is 278 g/mol. The lowest BCUT2D eigenvalue weighted by Crippen LogP contribution is -2.28. The molecule has 1 heterocycles. The summed E-state index contributed by atoms with van der Waals surface area (Å²) < 4.78 is 14.8. The van der Waals surface area contributed by atoms with Crippen LogP contribution >= 0.6 is 12.2 Å². The largest absolute Gasteiger partial charge is 0.357 e. The summed E-state index contributed by atoms with van der Waals surface area (Å²) in [6, 6.07) is 8.14. The Kier molecular flexibility index (Phi) is 4.11. The van der Waals surface area contributed by atoms with Crippen LogP contribution in [-0.2, 0) is 13.6 Å². The Morgan fingerprint density at radius 1 is 1.42 bits per heavy atom. The van der Waals surface area contributed by atoms with Crippen molar-refractivity contribution in [2.24, 2.45) is 7.05 Å². The molecule has 6 heteroatoms. The predicted octanol–water partition coefficient (Wildman–Crippen LogP) is 2.35. The van der Waals surface area contributed by atoms with Crippen molar-refractivity contribution in [2.45, 2.75) is 13.5 Å². The third-order valence-electron chi connectivity index (χ3n) is 2.68. The molecule has 0 aliphatic heterocycles. The molecule has 0 radical (unpaired) electrons. The Hall–Kier alpha value is -1.95. The fourth-order valence-electron chi connectivity index (χ4n) is 1.63. The number of nitrogens with one attached hydrogen (secondary N) is 2. The maximum Gasteiger partial charge on any atom is 0.171 e. The molecule has 4 nitrogen and oxygen atoms in total. The highest BCUT2D eigenvalue weighted by atomic mass is 32.1. The summed E-state index contributed by atoms with van der Waals surface area (Å²) in [4.78, 5) is 0. The highest BCUT2D eigenvalue weighted by Crippen LogP contribution is 2.08. The van der Waals surface area contributed by atoms with Crippen molar-refractivity contribution >= 4 is 23.0 Å². The second-order valence-corrected chi connectivity index (χ2v) is 4.63. The zero-order valence-corrected chi connectivity index (χ0v) is 11.6. The topological polar surface area (TPSA) is 41.9 Å². The van der Waals surface area contributed by atoms with Gasteiger partial charge in [0.05, 0.1) is 12.2 Å². The Bertz CT molecular complexity index is 575. The summed E-state index contributed by atoms with van der Waals surface area (Å²) in [6.45, 7) is 2.52. The van der Waals surface area contributed by atoms with Gasteiger partial charge in [0, 0.05) is 18.4 Å². The van der Waals surface area contributed by atoms with E-state index in [-0.39, 0.29) is 5.82 Å². The number of benzene rings is 1. The van der Waals surface area contributed by atoms with E-state index >= 15 is 0 Å². The van der Waals surface area contributed by atoms with E-state index in [0.717, 1.165) is 11.4 Å². The number of thiocarbonyl (C=S) groups is 1. The van der Waals surface area contributed by atoms with E-state index in [9.17, 15) is 4.39 Å². The molecule has 1 aromatic carbocycles. The first kappa shape index (κ1) is 13.5. The highest BCUT2D eigenvalue weighted by molar-refractivity contribution is 7.80. The average Bonchev–Trinajstić information content (AvgIpc) is 2.66. The fraction of sp³-hybridized carbons (Fsp3) is 0.231. The van der Waals surface area contributed by atoms with Crippen LogP contribution in [0.2, 0.25) is 0 Å². The Morgan fingerprint density at radius 2 is 2.21 bits per heavy atom. The van der Waals surface area contributed by atoms with Crippen molar-refractivity contribution < 1.29 is 4.39 Å². The maximum absolute atomic E-state index is 13.0. The zero-order valence-electron chi connectivity index (χ0n) is 10.8. The van der Waals surface area contributed by atoms with Gasteiger partial charge in [-0.3, -0.25) is 4.68 Å². The standard InChI is InChI=1S/C13H15FN4S/c1-9-6-12(17-18(9)2)8-15-13(19)16-11-5-3-4-10(14)7-11/h3-7H,8H2,1-2H3,(H2,15,16,19). The minimum Gasteiger partial charge on any atom is -0.357 e. The molecule has 0 atom stereocenters. The van der Waals surface area contributed by atoms with Crippen molar-refractivity contribution in [1.82, 2.24) is 15.1 Å².